The van der Waals surface area contributed by atoms with E-state index in [1.165, 1.54) is 32.1 Å². The molecule has 0 radical (unpaired) electrons. The quantitative estimate of drug-likeness (QED) is 0.674. The van der Waals surface area contributed by atoms with Crippen LogP contribution in [0.2, 0.25) is 0 Å². The number of hydrogen-bond donors (Lipinski definition) is 1. The van der Waals surface area contributed by atoms with Crippen molar-refractivity contribution in [2.45, 2.75) is 59.3 Å². The van der Waals surface area contributed by atoms with Crippen molar-refractivity contribution in [3.8, 4) is 0 Å². The maximum atomic E-state index is 11.7. The zero-order chi connectivity index (χ0) is 15.0. The molecule has 3 atom stereocenters. The zero-order valence-corrected chi connectivity index (χ0v) is 14.3. The largest absolute Gasteiger partial charge is 0.317 e. The lowest BCUT2D eigenvalue weighted by atomic mass is 9.81. The van der Waals surface area contributed by atoms with Gasteiger partial charge >= 0.3 is 0 Å². The second kappa shape index (κ2) is 9.04. The summed E-state index contributed by atoms with van der Waals surface area (Å²) in [5, 5.41) is 3.44. The average molecular weight is 304 g/mol. The van der Waals surface area contributed by atoms with Crippen molar-refractivity contribution in [1.29, 1.82) is 0 Å². The first-order valence-corrected chi connectivity index (χ1v) is 10.3. The Hall–Kier alpha value is -0.0900. The van der Waals surface area contributed by atoms with E-state index >= 15 is 0 Å². The monoisotopic (exact) mass is 303 g/mol. The first-order valence-electron chi connectivity index (χ1n) is 8.43. The van der Waals surface area contributed by atoms with Crippen LogP contribution in [0, 0.1) is 17.8 Å². The lowest BCUT2D eigenvalue weighted by Gasteiger charge is -2.27. The highest BCUT2D eigenvalue weighted by Gasteiger charge is 2.34. The summed E-state index contributed by atoms with van der Waals surface area (Å²) >= 11 is 0. The highest BCUT2D eigenvalue weighted by molar-refractivity contribution is 7.91. The van der Waals surface area contributed by atoms with Crippen LogP contribution in [0.3, 0.4) is 0 Å². The molecule has 0 aromatic rings. The Balaban J connectivity index is 2.58. The predicted molar refractivity (Wildman–Crippen MR) is 86.7 cm³/mol. The fourth-order valence-electron chi connectivity index (χ4n) is 3.38. The van der Waals surface area contributed by atoms with E-state index in [0.29, 0.717) is 23.3 Å². The number of unbranched alkanes of at least 4 members (excludes halogenated alkanes) is 1. The van der Waals surface area contributed by atoms with Gasteiger partial charge in [0, 0.05) is 0 Å². The molecule has 1 heterocycles. The predicted octanol–water partition coefficient (Wildman–Crippen LogP) is 3.25. The maximum Gasteiger partial charge on any atom is 0.150 e. The molecule has 0 spiro atoms. The van der Waals surface area contributed by atoms with Crippen molar-refractivity contribution in [3.05, 3.63) is 0 Å². The van der Waals surface area contributed by atoms with Gasteiger partial charge in [-0.3, -0.25) is 0 Å². The standard InChI is InChI=1S/C16H33NO2S/c1-4-7-8-14(5-2)11-16(12-17-6-3)15-9-10-20(18,19)13-15/h14-17H,4-13H2,1-3H3. The van der Waals surface area contributed by atoms with Gasteiger partial charge in [0.15, 0.2) is 9.84 Å². The van der Waals surface area contributed by atoms with Crippen LogP contribution in [0.1, 0.15) is 59.3 Å². The van der Waals surface area contributed by atoms with Crippen molar-refractivity contribution in [2.75, 3.05) is 24.6 Å². The van der Waals surface area contributed by atoms with E-state index in [1.807, 2.05) is 0 Å². The van der Waals surface area contributed by atoms with E-state index in [9.17, 15) is 8.42 Å². The van der Waals surface area contributed by atoms with Crippen molar-refractivity contribution in [2.24, 2.45) is 17.8 Å². The fraction of sp³-hybridized carbons (Fsp3) is 1.00. The van der Waals surface area contributed by atoms with Gasteiger partial charge < -0.3 is 5.32 Å². The van der Waals surface area contributed by atoms with Crippen LogP contribution in [0.15, 0.2) is 0 Å². The fourth-order valence-corrected chi connectivity index (χ4v) is 5.30. The topological polar surface area (TPSA) is 46.2 Å². The smallest absolute Gasteiger partial charge is 0.150 e. The molecular weight excluding hydrogens is 270 g/mol. The van der Waals surface area contributed by atoms with Crippen molar-refractivity contribution >= 4 is 9.84 Å². The summed E-state index contributed by atoms with van der Waals surface area (Å²) in [5.74, 6) is 2.52. The third-order valence-electron chi connectivity index (χ3n) is 4.77. The first-order chi connectivity index (χ1) is 9.52. The second-order valence-corrected chi connectivity index (χ2v) is 8.61. The molecule has 1 rings (SSSR count). The Bertz CT molecular complexity index is 353. The summed E-state index contributed by atoms with van der Waals surface area (Å²) in [4.78, 5) is 0. The first kappa shape index (κ1) is 18.0. The molecule has 1 fully saturated rings. The number of sulfone groups is 1. The third kappa shape index (κ3) is 6.13. The summed E-state index contributed by atoms with van der Waals surface area (Å²) in [5.41, 5.74) is 0. The normalized spacial score (nSPS) is 24.6. The van der Waals surface area contributed by atoms with Crippen LogP contribution in [-0.4, -0.2) is 33.0 Å². The second-order valence-electron chi connectivity index (χ2n) is 6.38. The number of nitrogens with one attached hydrogen (secondary N) is 1. The molecule has 0 amide bonds. The molecule has 3 nitrogen and oxygen atoms in total. The van der Waals surface area contributed by atoms with E-state index in [1.54, 1.807) is 0 Å². The van der Waals surface area contributed by atoms with Crippen molar-refractivity contribution in [3.63, 3.8) is 0 Å². The Morgan fingerprint density at radius 3 is 2.50 bits per heavy atom. The average Bonchev–Trinajstić information content (AvgIpc) is 2.78. The minimum Gasteiger partial charge on any atom is -0.317 e. The molecular formula is C16H33NO2S. The van der Waals surface area contributed by atoms with Gasteiger partial charge in [0.25, 0.3) is 0 Å². The molecule has 0 aliphatic carbocycles. The Kier molecular flexibility index (Phi) is 8.11. The minimum absolute atomic E-state index is 0.384. The lowest BCUT2D eigenvalue weighted by molar-refractivity contribution is 0.261. The maximum absolute atomic E-state index is 11.7. The molecule has 4 heteroatoms. The van der Waals surface area contributed by atoms with Crippen LogP contribution >= 0.6 is 0 Å². The third-order valence-corrected chi connectivity index (χ3v) is 6.56. The summed E-state index contributed by atoms with van der Waals surface area (Å²) in [6.45, 7) is 8.60. The molecule has 0 aromatic carbocycles. The molecule has 0 aromatic heterocycles. The van der Waals surface area contributed by atoms with Gasteiger partial charge in [-0.1, -0.05) is 46.5 Å². The van der Waals surface area contributed by atoms with Crippen molar-refractivity contribution < 1.29 is 8.42 Å². The number of hydrogen-bond acceptors (Lipinski definition) is 3. The molecule has 0 bridgehead atoms. The zero-order valence-electron chi connectivity index (χ0n) is 13.5. The van der Waals surface area contributed by atoms with Gasteiger partial charge in [-0.25, -0.2) is 8.42 Å². The Morgan fingerprint density at radius 2 is 2.00 bits per heavy atom. The van der Waals surface area contributed by atoms with E-state index < -0.39 is 9.84 Å². The Morgan fingerprint density at radius 1 is 1.25 bits per heavy atom. The van der Waals surface area contributed by atoms with Gasteiger partial charge in [0.05, 0.1) is 11.5 Å². The number of rotatable bonds is 10. The van der Waals surface area contributed by atoms with Crippen LogP contribution in [0.5, 0.6) is 0 Å². The summed E-state index contributed by atoms with van der Waals surface area (Å²) < 4.78 is 23.5. The van der Waals surface area contributed by atoms with Crippen LogP contribution in [0.25, 0.3) is 0 Å². The summed E-state index contributed by atoms with van der Waals surface area (Å²) in [6, 6.07) is 0. The molecule has 1 aliphatic heterocycles. The highest BCUT2D eigenvalue weighted by atomic mass is 32.2. The molecule has 1 saturated heterocycles. The summed E-state index contributed by atoms with van der Waals surface area (Å²) in [6.07, 6.45) is 7.16. The molecule has 3 unspecified atom stereocenters. The van der Waals surface area contributed by atoms with Crippen LogP contribution < -0.4 is 5.32 Å². The van der Waals surface area contributed by atoms with Gasteiger partial charge in [-0.05, 0) is 43.7 Å². The van der Waals surface area contributed by atoms with E-state index in [2.05, 4.69) is 26.1 Å². The molecule has 20 heavy (non-hydrogen) atoms. The van der Waals surface area contributed by atoms with Gasteiger partial charge in [-0.15, -0.1) is 0 Å². The lowest BCUT2D eigenvalue weighted by Crippen LogP contribution is -2.30. The van der Waals surface area contributed by atoms with E-state index in [4.69, 9.17) is 0 Å². The van der Waals surface area contributed by atoms with Gasteiger partial charge in [-0.2, -0.15) is 0 Å². The van der Waals surface area contributed by atoms with Gasteiger partial charge in [0.2, 0.25) is 0 Å². The Labute approximate surface area is 125 Å². The van der Waals surface area contributed by atoms with Crippen molar-refractivity contribution in [1.82, 2.24) is 5.32 Å². The van der Waals surface area contributed by atoms with Crippen LogP contribution in [-0.2, 0) is 9.84 Å². The minimum atomic E-state index is -2.75. The van der Waals surface area contributed by atoms with E-state index in [0.717, 1.165) is 25.4 Å². The van der Waals surface area contributed by atoms with Crippen LogP contribution in [0.4, 0.5) is 0 Å². The van der Waals surface area contributed by atoms with E-state index in [-0.39, 0.29) is 0 Å². The SMILES string of the molecule is CCCCC(CC)CC(CNCC)C1CCS(=O)(=O)C1. The van der Waals surface area contributed by atoms with Gasteiger partial charge in [0.1, 0.15) is 0 Å². The highest BCUT2D eigenvalue weighted by Crippen LogP contribution is 2.32. The molecule has 1 N–H and O–H groups in total. The summed E-state index contributed by atoms with van der Waals surface area (Å²) in [7, 11) is -2.75. The molecule has 1 aliphatic rings. The molecule has 120 valence electrons. The molecule has 0 saturated carbocycles.